The van der Waals surface area contributed by atoms with E-state index in [-0.39, 0.29) is 11.4 Å². The smallest absolute Gasteiger partial charge is 0.334 e. The topological polar surface area (TPSA) is 28.7 Å². The standard InChI is InChI=1S/C11H6F6N2/c12-10(13,14)7-3-1-2-6(4-7)9-18-5-8(19-9)11(15,16)17/h1-5H,(H,18,19). The van der Waals surface area contributed by atoms with Crippen molar-refractivity contribution < 1.29 is 26.3 Å². The Bertz CT molecular complexity index is 581. The molecule has 2 rings (SSSR count). The molecule has 1 heterocycles. The number of halogens is 6. The number of nitrogens with one attached hydrogen (secondary N) is 1. The normalized spacial score (nSPS) is 12.7. The lowest BCUT2D eigenvalue weighted by molar-refractivity contribution is -0.141. The Labute approximate surface area is 103 Å². The second-order valence-electron chi connectivity index (χ2n) is 3.72. The van der Waals surface area contributed by atoms with E-state index in [2.05, 4.69) is 4.98 Å². The van der Waals surface area contributed by atoms with E-state index in [1.54, 1.807) is 0 Å². The molecule has 0 amide bonds. The van der Waals surface area contributed by atoms with Crippen molar-refractivity contribution in [2.45, 2.75) is 12.4 Å². The van der Waals surface area contributed by atoms with E-state index in [0.717, 1.165) is 18.2 Å². The summed E-state index contributed by atoms with van der Waals surface area (Å²) < 4.78 is 74.4. The number of H-pyrrole nitrogens is 1. The van der Waals surface area contributed by atoms with Gasteiger partial charge in [0.25, 0.3) is 0 Å². The van der Waals surface area contributed by atoms with Crippen molar-refractivity contribution in [3.63, 3.8) is 0 Å². The Balaban J connectivity index is 2.40. The van der Waals surface area contributed by atoms with E-state index in [9.17, 15) is 26.3 Å². The second kappa shape index (κ2) is 4.29. The number of aromatic nitrogens is 2. The minimum atomic E-state index is -4.62. The van der Waals surface area contributed by atoms with E-state index in [0.29, 0.717) is 6.20 Å². The predicted molar refractivity (Wildman–Crippen MR) is 54.0 cm³/mol. The Morgan fingerprint density at radius 2 is 1.63 bits per heavy atom. The first-order valence-corrected chi connectivity index (χ1v) is 4.98. The van der Waals surface area contributed by atoms with E-state index >= 15 is 0 Å². The molecule has 0 aliphatic rings. The maximum absolute atomic E-state index is 12.5. The molecule has 0 saturated heterocycles. The molecule has 0 spiro atoms. The highest BCUT2D eigenvalue weighted by Gasteiger charge is 2.34. The Morgan fingerprint density at radius 1 is 0.947 bits per heavy atom. The van der Waals surface area contributed by atoms with E-state index in [4.69, 9.17) is 0 Å². The Kier molecular flexibility index (Phi) is 3.03. The molecule has 0 aliphatic heterocycles. The van der Waals surface area contributed by atoms with Crippen LogP contribution in [0.25, 0.3) is 11.4 Å². The third-order valence-electron chi connectivity index (χ3n) is 2.34. The fraction of sp³-hybridized carbons (Fsp3) is 0.182. The van der Waals surface area contributed by atoms with Gasteiger partial charge in [0.2, 0.25) is 0 Å². The quantitative estimate of drug-likeness (QED) is 0.782. The molecule has 0 saturated carbocycles. The summed E-state index contributed by atoms with van der Waals surface area (Å²) in [7, 11) is 0. The number of aromatic amines is 1. The van der Waals surface area contributed by atoms with Gasteiger partial charge < -0.3 is 4.98 Å². The average Bonchev–Trinajstić information content (AvgIpc) is 2.77. The first-order valence-electron chi connectivity index (χ1n) is 4.98. The molecule has 102 valence electrons. The van der Waals surface area contributed by atoms with Crippen LogP contribution >= 0.6 is 0 Å². The summed E-state index contributed by atoms with van der Waals surface area (Å²) in [6.07, 6.45) is -8.64. The summed E-state index contributed by atoms with van der Waals surface area (Å²) in [5, 5.41) is 0. The maximum atomic E-state index is 12.5. The van der Waals surface area contributed by atoms with Crippen LogP contribution in [0.1, 0.15) is 11.3 Å². The molecule has 1 N–H and O–H groups in total. The zero-order valence-corrected chi connectivity index (χ0v) is 9.10. The molecule has 0 aliphatic carbocycles. The molecule has 2 aromatic rings. The van der Waals surface area contributed by atoms with Gasteiger partial charge in [0.05, 0.1) is 11.8 Å². The van der Waals surface area contributed by atoms with Crippen molar-refractivity contribution >= 4 is 0 Å². The first kappa shape index (κ1) is 13.4. The molecule has 19 heavy (non-hydrogen) atoms. The van der Waals surface area contributed by atoms with Gasteiger partial charge in [0.15, 0.2) is 0 Å². The van der Waals surface area contributed by atoms with Crippen molar-refractivity contribution in [2.24, 2.45) is 0 Å². The Morgan fingerprint density at radius 3 is 2.16 bits per heavy atom. The zero-order valence-electron chi connectivity index (χ0n) is 9.10. The van der Waals surface area contributed by atoms with Crippen LogP contribution in [-0.4, -0.2) is 9.97 Å². The lowest BCUT2D eigenvalue weighted by Crippen LogP contribution is -2.05. The zero-order chi connectivity index (χ0) is 14.3. The summed E-state index contributed by atoms with van der Waals surface area (Å²) >= 11 is 0. The summed E-state index contributed by atoms with van der Waals surface area (Å²) in [4.78, 5) is 5.38. The van der Waals surface area contributed by atoms with E-state index in [1.807, 2.05) is 4.98 Å². The highest BCUT2D eigenvalue weighted by molar-refractivity contribution is 5.56. The SMILES string of the molecule is FC(F)(F)c1cccc(-c2ncc(C(F)(F)F)[nH]2)c1. The molecule has 8 heteroatoms. The summed E-state index contributed by atoms with van der Waals surface area (Å²) in [5.74, 6) is -0.265. The summed E-state index contributed by atoms with van der Waals surface area (Å²) in [6, 6.07) is 3.91. The van der Waals surface area contributed by atoms with Crippen molar-refractivity contribution in [1.82, 2.24) is 9.97 Å². The van der Waals surface area contributed by atoms with Crippen LogP contribution < -0.4 is 0 Å². The number of benzene rings is 1. The Hall–Kier alpha value is -1.99. The maximum Gasteiger partial charge on any atom is 0.432 e. The van der Waals surface area contributed by atoms with Crippen molar-refractivity contribution in [3.8, 4) is 11.4 Å². The van der Waals surface area contributed by atoms with Gasteiger partial charge in [-0.1, -0.05) is 12.1 Å². The van der Waals surface area contributed by atoms with Crippen molar-refractivity contribution in [2.75, 3.05) is 0 Å². The molecule has 0 unspecified atom stereocenters. The van der Waals surface area contributed by atoms with Crippen molar-refractivity contribution in [3.05, 3.63) is 41.7 Å². The fourth-order valence-electron chi connectivity index (χ4n) is 1.45. The number of rotatable bonds is 1. The molecule has 2 nitrogen and oxygen atoms in total. The van der Waals surface area contributed by atoms with Crippen LogP contribution in [0.5, 0.6) is 0 Å². The molecule has 0 radical (unpaired) electrons. The third-order valence-corrected chi connectivity index (χ3v) is 2.34. The molecular formula is C11H6F6N2. The van der Waals surface area contributed by atoms with Crippen LogP contribution in [0.2, 0.25) is 0 Å². The lowest BCUT2D eigenvalue weighted by Gasteiger charge is -2.07. The highest BCUT2D eigenvalue weighted by atomic mass is 19.4. The van der Waals surface area contributed by atoms with Crippen LogP contribution in [0, 0.1) is 0 Å². The number of imidazole rings is 1. The molecular weight excluding hydrogens is 274 g/mol. The average molecular weight is 280 g/mol. The number of hydrogen-bond acceptors (Lipinski definition) is 1. The molecule has 0 bridgehead atoms. The second-order valence-corrected chi connectivity index (χ2v) is 3.72. The molecule has 1 aromatic heterocycles. The number of nitrogens with zero attached hydrogens (tertiary/aromatic N) is 1. The first-order chi connectivity index (χ1) is 8.68. The summed E-state index contributed by atoms with van der Waals surface area (Å²) in [6.45, 7) is 0. The van der Waals surface area contributed by atoms with Gasteiger partial charge in [-0.05, 0) is 12.1 Å². The molecule has 0 fully saturated rings. The van der Waals surface area contributed by atoms with Crippen LogP contribution in [0.15, 0.2) is 30.5 Å². The van der Waals surface area contributed by atoms with Crippen LogP contribution in [0.3, 0.4) is 0 Å². The van der Waals surface area contributed by atoms with Gasteiger partial charge in [0, 0.05) is 5.56 Å². The molecule has 0 atom stereocenters. The van der Waals surface area contributed by atoms with Gasteiger partial charge in [-0.15, -0.1) is 0 Å². The fourth-order valence-corrected chi connectivity index (χ4v) is 1.45. The largest absolute Gasteiger partial charge is 0.432 e. The van der Waals surface area contributed by atoms with Crippen molar-refractivity contribution in [1.29, 1.82) is 0 Å². The third kappa shape index (κ3) is 2.88. The van der Waals surface area contributed by atoms with E-state index < -0.39 is 23.6 Å². The number of hydrogen-bond donors (Lipinski definition) is 1. The van der Waals surface area contributed by atoms with Gasteiger partial charge in [-0.2, -0.15) is 26.3 Å². The minimum absolute atomic E-state index is 0.0645. The lowest BCUT2D eigenvalue weighted by atomic mass is 10.1. The van der Waals surface area contributed by atoms with Crippen LogP contribution in [-0.2, 0) is 12.4 Å². The monoisotopic (exact) mass is 280 g/mol. The highest BCUT2D eigenvalue weighted by Crippen LogP contribution is 2.33. The minimum Gasteiger partial charge on any atom is -0.334 e. The van der Waals surface area contributed by atoms with Gasteiger partial charge in [-0.3, -0.25) is 0 Å². The summed E-state index contributed by atoms with van der Waals surface area (Å²) in [5.41, 5.74) is -2.12. The van der Waals surface area contributed by atoms with E-state index in [1.165, 1.54) is 6.07 Å². The van der Waals surface area contributed by atoms with Crippen LogP contribution in [0.4, 0.5) is 26.3 Å². The van der Waals surface area contributed by atoms with Gasteiger partial charge >= 0.3 is 12.4 Å². The predicted octanol–water partition coefficient (Wildman–Crippen LogP) is 4.11. The number of alkyl halides is 6. The van der Waals surface area contributed by atoms with Gasteiger partial charge in [-0.25, -0.2) is 4.98 Å². The van der Waals surface area contributed by atoms with Gasteiger partial charge in [0.1, 0.15) is 11.5 Å². The molecule has 1 aromatic carbocycles.